The van der Waals surface area contributed by atoms with E-state index in [2.05, 4.69) is 0 Å². The standard InChI is InChI=1S/C16H10ClN2O2/c17-10-3-1-2-9(6-10)15-12-5-4-11(20)7-14(12)21-16(19)13(15)8-18/h1-7,15,19-20H/q-1. The molecule has 4 nitrogen and oxygen atoms in total. The number of hydrogen-bond acceptors (Lipinski definition) is 3. The molecule has 104 valence electrons. The van der Waals surface area contributed by atoms with Crippen molar-refractivity contribution in [2.75, 3.05) is 0 Å². The molecule has 2 aromatic rings. The molecule has 1 aliphatic heterocycles. The van der Waals surface area contributed by atoms with E-state index in [0.29, 0.717) is 10.8 Å². The SMILES string of the molecule is [N-]=C=C1C(=N)Oc2cc(O)ccc2C1c1cccc(Cl)c1. The van der Waals surface area contributed by atoms with Crippen LogP contribution in [-0.2, 0) is 0 Å². The van der Waals surface area contributed by atoms with E-state index in [1.807, 2.05) is 11.9 Å². The van der Waals surface area contributed by atoms with Gasteiger partial charge in [-0.25, -0.2) is 0 Å². The normalized spacial score (nSPS) is 16.9. The Hall–Kier alpha value is -2.55. The third kappa shape index (κ3) is 2.31. The monoisotopic (exact) mass is 297 g/mol. The van der Waals surface area contributed by atoms with Crippen LogP contribution >= 0.6 is 11.6 Å². The third-order valence-electron chi connectivity index (χ3n) is 3.36. The lowest BCUT2D eigenvalue weighted by atomic mass is 9.83. The Balaban J connectivity index is 2.25. The van der Waals surface area contributed by atoms with Crippen LogP contribution in [0.2, 0.25) is 5.02 Å². The van der Waals surface area contributed by atoms with Crippen LogP contribution < -0.4 is 4.74 Å². The van der Waals surface area contributed by atoms with Crippen molar-refractivity contribution in [2.24, 2.45) is 0 Å². The Kier molecular flexibility index (Phi) is 3.26. The van der Waals surface area contributed by atoms with E-state index in [4.69, 9.17) is 21.7 Å². The van der Waals surface area contributed by atoms with Crippen LogP contribution in [0.4, 0.5) is 0 Å². The Morgan fingerprint density at radius 1 is 1.24 bits per heavy atom. The predicted octanol–water partition coefficient (Wildman–Crippen LogP) is 3.71. The molecule has 2 aromatic carbocycles. The van der Waals surface area contributed by atoms with Crippen LogP contribution in [0.3, 0.4) is 0 Å². The molecule has 1 atom stereocenters. The Morgan fingerprint density at radius 2 is 2.05 bits per heavy atom. The van der Waals surface area contributed by atoms with Crippen molar-refractivity contribution in [3.05, 3.63) is 69.6 Å². The Labute approximate surface area is 126 Å². The molecule has 0 saturated carbocycles. The van der Waals surface area contributed by atoms with E-state index < -0.39 is 5.92 Å². The van der Waals surface area contributed by atoms with Gasteiger partial charge < -0.3 is 15.3 Å². The maximum Gasteiger partial charge on any atom is 0.222 e. The second-order valence-corrected chi connectivity index (χ2v) is 5.10. The summed E-state index contributed by atoms with van der Waals surface area (Å²) in [6, 6.07) is 11.8. The minimum atomic E-state index is -0.425. The van der Waals surface area contributed by atoms with Crippen LogP contribution in [-0.4, -0.2) is 16.9 Å². The van der Waals surface area contributed by atoms with Gasteiger partial charge in [-0.2, -0.15) is 0 Å². The molecule has 3 rings (SSSR count). The molecule has 1 unspecified atom stereocenters. The highest BCUT2D eigenvalue weighted by Crippen LogP contribution is 2.42. The van der Waals surface area contributed by atoms with Crippen LogP contribution in [0.5, 0.6) is 11.5 Å². The number of benzene rings is 2. The summed E-state index contributed by atoms with van der Waals surface area (Å²) >= 11 is 6.03. The van der Waals surface area contributed by atoms with Gasteiger partial charge in [-0.3, -0.25) is 11.3 Å². The molecule has 5 heteroatoms. The zero-order chi connectivity index (χ0) is 15.0. The Bertz CT molecular complexity index is 795. The highest BCUT2D eigenvalue weighted by Gasteiger charge is 2.31. The number of phenolic OH excluding ortho intramolecular Hbond substituents is 1. The fraction of sp³-hybridized carbons (Fsp3) is 0.0625. The van der Waals surface area contributed by atoms with Crippen molar-refractivity contribution in [1.82, 2.24) is 0 Å². The second kappa shape index (κ2) is 5.09. The van der Waals surface area contributed by atoms with Crippen molar-refractivity contribution in [3.63, 3.8) is 0 Å². The van der Waals surface area contributed by atoms with Crippen molar-refractivity contribution in [2.45, 2.75) is 5.92 Å². The van der Waals surface area contributed by atoms with Gasteiger partial charge in [0.2, 0.25) is 5.90 Å². The van der Waals surface area contributed by atoms with Crippen molar-refractivity contribution in [3.8, 4) is 11.5 Å². The first-order valence-corrected chi connectivity index (χ1v) is 6.60. The lowest BCUT2D eigenvalue weighted by Crippen LogP contribution is -2.24. The first-order valence-electron chi connectivity index (χ1n) is 6.22. The number of hydrogen-bond donors (Lipinski definition) is 2. The lowest BCUT2D eigenvalue weighted by Gasteiger charge is -2.28. The molecule has 1 heterocycles. The minimum Gasteiger partial charge on any atom is -0.763 e. The zero-order valence-corrected chi connectivity index (χ0v) is 11.6. The highest BCUT2D eigenvalue weighted by atomic mass is 35.5. The first kappa shape index (κ1) is 13.4. The summed E-state index contributed by atoms with van der Waals surface area (Å²) in [5.74, 6) is 1.83. The topological polar surface area (TPSA) is 75.6 Å². The fourth-order valence-corrected chi connectivity index (χ4v) is 2.65. The van der Waals surface area contributed by atoms with E-state index in [9.17, 15) is 10.5 Å². The van der Waals surface area contributed by atoms with E-state index in [1.54, 1.807) is 24.3 Å². The van der Waals surface area contributed by atoms with Crippen LogP contribution in [0.1, 0.15) is 17.0 Å². The number of aromatic hydroxyl groups is 1. The molecule has 0 spiro atoms. The summed E-state index contributed by atoms with van der Waals surface area (Å²) in [6.07, 6.45) is 0. The molecule has 0 amide bonds. The minimum absolute atomic E-state index is 0.0480. The van der Waals surface area contributed by atoms with Crippen LogP contribution in [0.15, 0.2) is 48.0 Å². The van der Waals surface area contributed by atoms with Crippen LogP contribution in [0.25, 0.3) is 5.41 Å². The summed E-state index contributed by atoms with van der Waals surface area (Å²) in [5.41, 5.74) is 1.75. The maximum absolute atomic E-state index is 9.56. The van der Waals surface area contributed by atoms with E-state index in [1.165, 1.54) is 12.1 Å². The zero-order valence-electron chi connectivity index (χ0n) is 10.8. The second-order valence-electron chi connectivity index (χ2n) is 4.67. The number of halogens is 1. The van der Waals surface area contributed by atoms with Gasteiger partial charge in [-0.05, 0) is 23.8 Å². The van der Waals surface area contributed by atoms with Gasteiger partial charge >= 0.3 is 0 Å². The molecule has 0 fully saturated rings. The van der Waals surface area contributed by atoms with E-state index in [0.717, 1.165) is 11.1 Å². The van der Waals surface area contributed by atoms with Gasteiger partial charge in [0.25, 0.3) is 0 Å². The quantitative estimate of drug-likeness (QED) is 0.787. The largest absolute Gasteiger partial charge is 0.763 e. The predicted molar refractivity (Wildman–Crippen MR) is 81.6 cm³/mol. The van der Waals surface area contributed by atoms with Crippen LogP contribution in [0, 0.1) is 5.41 Å². The van der Waals surface area contributed by atoms with Crippen molar-refractivity contribution < 1.29 is 9.84 Å². The number of nitrogens with one attached hydrogen (secondary N) is 1. The average molecular weight is 298 g/mol. The van der Waals surface area contributed by atoms with E-state index in [-0.39, 0.29) is 17.2 Å². The fourth-order valence-electron chi connectivity index (χ4n) is 2.45. The number of ether oxygens (including phenoxy) is 1. The van der Waals surface area contributed by atoms with Gasteiger partial charge in [-0.15, -0.1) is 0 Å². The summed E-state index contributed by atoms with van der Waals surface area (Å²) in [7, 11) is 0. The number of rotatable bonds is 1. The molecule has 0 bridgehead atoms. The number of fused-ring (bicyclic) bond motifs is 1. The number of nitrogens with zero attached hydrogens (tertiary/aromatic N) is 1. The van der Waals surface area contributed by atoms with Gasteiger partial charge in [0, 0.05) is 28.1 Å². The molecule has 2 N–H and O–H groups in total. The average Bonchev–Trinajstić information content (AvgIpc) is 2.45. The molecular weight excluding hydrogens is 288 g/mol. The third-order valence-corrected chi connectivity index (χ3v) is 3.59. The van der Waals surface area contributed by atoms with E-state index >= 15 is 0 Å². The van der Waals surface area contributed by atoms with Gasteiger partial charge in [0.05, 0.1) is 0 Å². The first-order chi connectivity index (χ1) is 10.1. The summed E-state index contributed by atoms with van der Waals surface area (Å²) in [6.45, 7) is 0. The summed E-state index contributed by atoms with van der Waals surface area (Å²) in [5, 5.41) is 27.4. The smallest absolute Gasteiger partial charge is 0.222 e. The molecule has 1 aliphatic rings. The number of phenols is 1. The highest BCUT2D eigenvalue weighted by molar-refractivity contribution is 6.30. The molecule has 0 saturated heterocycles. The molecular formula is C16H10ClN2O2-. The molecule has 0 aromatic heterocycles. The molecule has 0 aliphatic carbocycles. The summed E-state index contributed by atoms with van der Waals surface area (Å²) < 4.78 is 5.33. The molecule has 0 radical (unpaired) electrons. The maximum atomic E-state index is 9.56. The Morgan fingerprint density at radius 3 is 2.76 bits per heavy atom. The molecule has 21 heavy (non-hydrogen) atoms. The van der Waals surface area contributed by atoms with Gasteiger partial charge in [0.15, 0.2) is 0 Å². The van der Waals surface area contributed by atoms with Gasteiger partial charge in [0.1, 0.15) is 11.5 Å². The van der Waals surface area contributed by atoms with Crippen molar-refractivity contribution in [1.29, 1.82) is 5.41 Å². The van der Waals surface area contributed by atoms with Gasteiger partial charge in [-0.1, -0.05) is 29.8 Å². The lowest BCUT2D eigenvalue weighted by molar-refractivity contribution is 0.463. The van der Waals surface area contributed by atoms with Crippen molar-refractivity contribution >= 4 is 23.4 Å². The summed E-state index contributed by atoms with van der Waals surface area (Å²) in [4.78, 5) is 0.